The summed E-state index contributed by atoms with van der Waals surface area (Å²) in [4.78, 5) is 38.8. The number of alkyl halides is 4. The third kappa shape index (κ3) is 11.4. The molecular formula is C70H66F4N4O6. The Balaban J connectivity index is 0.850. The van der Waals surface area contributed by atoms with Gasteiger partial charge in [0.15, 0.2) is 24.8 Å². The molecule has 0 saturated carbocycles. The quantitative estimate of drug-likeness (QED) is 0.0307. The average molecular weight is 1140 g/mol. The minimum atomic E-state index is -3.69. The Labute approximate surface area is 485 Å². The fraction of sp³-hybridized carbons (Fsp3) is 0.257. The maximum Gasteiger partial charge on any atom is 0.281 e. The van der Waals surface area contributed by atoms with E-state index in [2.05, 4.69) is 19.4 Å². The molecule has 0 fully saturated rings. The second-order valence-electron chi connectivity index (χ2n) is 21.6. The second-order valence-corrected chi connectivity index (χ2v) is 21.6. The summed E-state index contributed by atoms with van der Waals surface area (Å²) in [6, 6.07) is 44.0. The van der Waals surface area contributed by atoms with Crippen LogP contribution in [0.15, 0.2) is 156 Å². The number of hydrogen-bond acceptors (Lipinski definition) is 8. The number of benzene rings is 8. The molecule has 0 saturated heterocycles. The number of rotatable bonds is 21. The largest absolute Gasteiger partial charge is 0.487 e. The predicted molar refractivity (Wildman–Crippen MR) is 327 cm³/mol. The number of carbonyl (C=O) groups excluding carboxylic acids is 2. The van der Waals surface area contributed by atoms with Crippen LogP contribution < -0.4 is 9.47 Å². The summed E-state index contributed by atoms with van der Waals surface area (Å²) in [7, 11) is 2.76. The Morgan fingerprint density at radius 3 is 1.07 bits per heavy atom. The Bertz CT molecular complexity index is 3970. The van der Waals surface area contributed by atoms with Crippen molar-refractivity contribution < 1.29 is 46.3 Å². The molecule has 10 aromatic rings. The molecule has 2 heterocycles. The fourth-order valence-corrected chi connectivity index (χ4v) is 12.0. The van der Waals surface area contributed by atoms with Crippen LogP contribution in [0.25, 0.3) is 43.6 Å². The third-order valence-electron chi connectivity index (χ3n) is 15.6. The number of hydrogen-bond donors (Lipinski definition) is 0. The van der Waals surface area contributed by atoms with Gasteiger partial charge in [-0.3, -0.25) is 9.59 Å². The van der Waals surface area contributed by atoms with Crippen molar-refractivity contribution in [3.8, 4) is 11.5 Å². The number of ketones is 2. The highest BCUT2D eigenvalue weighted by Crippen LogP contribution is 2.38. The van der Waals surface area contributed by atoms with E-state index in [9.17, 15) is 9.59 Å². The van der Waals surface area contributed by atoms with Gasteiger partial charge in [0.25, 0.3) is 11.8 Å². The van der Waals surface area contributed by atoms with Gasteiger partial charge in [-0.05, 0) is 163 Å². The molecule has 2 aromatic heterocycles. The van der Waals surface area contributed by atoms with Crippen LogP contribution in [0.4, 0.5) is 17.6 Å². The van der Waals surface area contributed by atoms with Crippen LogP contribution in [0, 0.1) is 41.5 Å². The smallest absolute Gasteiger partial charge is 0.281 e. The first-order chi connectivity index (χ1) is 40.2. The first-order valence-electron chi connectivity index (χ1n) is 28.1. The molecule has 0 aliphatic rings. The number of carbonyl (C=O) groups is 2. The van der Waals surface area contributed by atoms with E-state index in [-0.39, 0.29) is 34.5 Å². The number of ether oxygens (including phenoxy) is 2. The Morgan fingerprint density at radius 2 is 0.750 bits per heavy atom. The molecule has 84 heavy (non-hydrogen) atoms. The van der Waals surface area contributed by atoms with E-state index in [0.29, 0.717) is 57.6 Å². The average Bonchev–Trinajstić information content (AvgIpc) is 1.80. The van der Waals surface area contributed by atoms with E-state index in [4.69, 9.17) is 19.1 Å². The topological polar surface area (TPSA) is 106 Å². The van der Waals surface area contributed by atoms with E-state index in [1.807, 2.05) is 152 Å². The van der Waals surface area contributed by atoms with Gasteiger partial charge in [-0.1, -0.05) is 82.1 Å². The lowest BCUT2D eigenvalue weighted by molar-refractivity contribution is -0.0955. The van der Waals surface area contributed by atoms with Gasteiger partial charge in [0.1, 0.15) is 37.1 Å². The van der Waals surface area contributed by atoms with Crippen LogP contribution in [0.1, 0.15) is 114 Å². The van der Waals surface area contributed by atoms with Crippen LogP contribution >= 0.6 is 0 Å². The van der Waals surface area contributed by atoms with Crippen molar-refractivity contribution >= 4 is 66.6 Å². The van der Waals surface area contributed by atoms with E-state index < -0.39 is 37.9 Å². The van der Waals surface area contributed by atoms with Crippen LogP contribution in [-0.4, -0.2) is 71.4 Å². The maximum absolute atomic E-state index is 15.9. The van der Waals surface area contributed by atoms with Crippen molar-refractivity contribution in [3.63, 3.8) is 0 Å². The number of aromatic nitrogens is 2. The summed E-state index contributed by atoms with van der Waals surface area (Å²) in [6.07, 6.45) is -2.42. The number of halogens is 4. The van der Waals surface area contributed by atoms with Gasteiger partial charge in [-0.2, -0.15) is 0 Å². The molecule has 0 aliphatic carbocycles. The first kappa shape index (κ1) is 58.2. The van der Waals surface area contributed by atoms with Gasteiger partial charge in [0.2, 0.25) is 0 Å². The fourth-order valence-electron chi connectivity index (χ4n) is 12.0. The van der Waals surface area contributed by atoms with Crippen LogP contribution in [-0.2, 0) is 22.8 Å². The van der Waals surface area contributed by atoms with Crippen molar-refractivity contribution in [2.75, 3.05) is 27.4 Å². The zero-order valence-electron chi connectivity index (χ0n) is 48.8. The van der Waals surface area contributed by atoms with Crippen molar-refractivity contribution in [3.05, 3.63) is 223 Å². The second kappa shape index (κ2) is 23.7. The molecule has 0 N–H and O–H groups in total. The summed E-state index contributed by atoms with van der Waals surface area (Å²) in [5.41, 5.74) is 14.3. The van der Waals surface area contributed by atoms with E-state index in [1.54, 1.807) is 36.4 Å². The van der Waals surface area contributed by atoms with E-state index in [1.165, 1.54) is 26.4 Å². The molecule has 0 spiro atoms. The lowest BCUT2D eigenvalue weighted by Crippen LogP contribution is -2.32. The van der Waals surface area contributed by atoms with Gasteiger partial charge >= 0.3 is 0 Å². The summed E-state index contributed by atoms with van der Waals surface area (Å²) >= 11 is 0. The summed E-state index contributed by atoms with van der Waals surface area (Å²) in [6.45, 7) is 14.8. The number of aryl methyl sites for hydroxylation is 8. The molecule has 0 atom stereocenters. The molecule has 10 rings (SSSR count). The number of fused-ring (bicyclic) bond motifs is 6. The molecular weight excluding hydrogens is 1070 g/mol. The van der Waals surface area contributed by atoms with Gasteiger partial charge in [-0.15, -0.1) is 0 Å². The minimum Gasteiger partial charge on any atom is -0.487 e. The van der Waals surface area contributed by atoms with Crippen molar-refractivity contribution in [2.45, 2.75) is 93.2 Å². The summed E-state index contributed by atoms with van der Waals surface area (Å²) in [5.74, 6) is -7.46. The van der Waals surface area contributed by atoms with E-state index in [0.717, 1.165) is 77.0 Å². The molecule has 8 aromatic carbocycles. The lowest BCUT2D eigenvalue weighted by atomic mass is 9.92. The third-order valence-corrected chi connectivity index (χ3v) is 15.6. The zero-order chi connectivity index (χ0) is 59.8. The predicted octanol–water partition coefficient (Wildman–Crippen LogP) is 16.6. The van der Waals surface area contributed by atoms with Crippen molar-refractivity contribution in [2.24, 2.45) is 10.3 Å². The van der Waals surface area contributed by atoms with Gasteiger partial charge in [0, 0.05) is 114 Å². The van der Waals surface area contributed by atoms with Crippen LogP contribution in [0.2, 0.25) is 0 Å². The number of para-hydroxylation sites is 2. The van der Waals surface area contributed by atoms with Crippen LogP contribution in [0.5, 0.6) is 11.5 Å². The summed E-state index contributed by atoms with van der Waals surface area (Å²) in [5, 5.41) is 12.1. The number of oxime groups is 2. The van der Waals surface area contributed by atoms with Gasteiger partial charge in [0.05, 0.1) is 0 Å². The standard InChI is InChI=1S/C70H66F4N4O6/c1-11-77-57-25-21-47(35-53(57)55-37-49(23-27-59(55)77)67(79)63-43(5)31-41(3)32-44(63)6)65(75-81-9)51-17-13-15-19-61(51)83-39-69(71,72)29-30-70(73,74)40-84-62-20-16-14-18-52(62)66(76-82-10)48-22-26-58-54(36-48)56-38-50(24-28-60(56)78(58)12-2)68(80)64-45(7)33-42(4)34-46(64)8/h13-28,31-38H,11-12,29-30,39-40H2,1-10H3/b75-65+,76-66+. The molecule has 0 aliphatic heterocycles. The van der Waals surface area contributed by atoms with Crippen LogP contribution in [0.3, 0.4) is 0 Å². The minimum absolute atomic E-state index is 0.0411. The monoisotopic (exact) mass is 1130 g/mol. The highest BCUT2D eigenvalue weighted by atomic mass is 19.3. The Morgan fingerprint density at radius 1 is 0.440 bits per heavy atom. The van der Waals surface area contributed by atoms with Gasteiger partial charge < -0.3 is 28.3 Å². The first-order valence-corrected chi connectivity index (χ1v) is 28.1. The normalized spacial score (nSPS) is 12.5. The Kier molecular flexibility index (Phi) is 16.4. The lowest BCUT2D eigenvalue weighted by Gasteiger charge is -2.23. The van der Waals surface area contributed by atoms with Crippen molar-refractivity contribution in [1.29, 1.82) is 0 Å². The Hall–Kier alpha value is -9.04. The molecule has 430 valence electrons. The SMILES string of the molecule is CCn1c2ccc(C(=O)c3c(C)cc(C)cc3C)cc2c2cc(/C(=N\OC)c3ccccc3OCC(F)(F)CCC(F)(F)COc3ccccc3/C(=N/OC)c3ccc4c(c3)c3cc(C(=O)c5c(C)cc(C)cc5C)ccc3n4CC)ccc21. The summed E-state index contributed by atoms with van der Waals surface area (Å²) < 4.78 is 79.3. The maximum atomic E-state index is 15.9. The molecule has 0 radical (unpaired) electrons. The molecule has 0 bridgehead atoms. The highest BCUT2D eigenvalue weighted by Gasteiger charge is 2.39. The van der Waals surface area contributed by atoms with E-state index >= 15 is 17.6 Å². The molecule has 0 unspecified atom stereocenters. The van der Waals surface area contributed by atoms with Crippen molar-refractivity contribution in [1.82, 2.24) is 9.13 Å². The molecule has 10 nitrogen and oxygen atoms in total. The molecule has 14 heteroatoms. The molecule has 0 amide bonds. The zero-order valence-corrected chi connectivity index (χ0v) is 48.8. The van der Waals surface area contributed by atoms with Gasteiger partial charge in [-0.25, -0.2) is 17.6 Å². The highest BCUT2D eigenvalue weighted by molar-refractivity contribution is 6.21. The number of nitrogens with zero attached hydrogens (tertiary/aromatic N) is 4.